The van der Waals surface area contributed by atoms with Crippen molar-refractivity contribution in [1.82, 2.24) is 10.2 Å². The smallest absolute Gasteiger partial charge is 0.249 e. The Bertz CT molecular complexity index is 565. The molecule has 2 atom stereocenters. The molecule has 0 spiro atoms. The predicted octanol–water partition coefficient (Wildman–Crippen LogP) is 2.26. The first-order chi connectivity index (χ1) is 9.95. The van der Waals surface area contributed by atoms with E-state index in [4.69, 9.17) is 0 Å². The van der Waals surface area contributed by atoms with Crippen molar-refractivity contribution in [3.8, 4) is 0 Å². The largest absolute Gasteiger partial charge is 0.340 e. The predicted molar refractivity (Wildman–Crippen MR) is 80.4 cm³/mol. The van der Waals surface area contributed by atoms with Gasteiger partial charge in [0.15, 0.2) is 0 Å². The van der Waals surface area contributed by atoms with Gasteiger partial charge in [-0.2, -0.15) is 0 Å². The maximum atomic E-state index is 13.0. The Labute approximate surface area is 125 Å². The maximum absolute atomic E-state index is 13.0. The summed E-state index contributed by atoms with van der Waals surface area (Å²) < 4.78 is 0. The zero-order valence-corrected chi connectivity index (χ0v) is 12.8. The highest BCUT2D eigenvalue weighted by Crippen LogP contribution is 2.44. The van der Waals surface area contributed by atoms with Crippen molar-refractivity contribution in [2.45, 2.75) is 51.2 Å². The topological polar surface area (TPSA) is 49.4 Å². The van der Waals surface area contributed by atoms with Crippen LogP contribution in [-0.4, -0.2) is 28.3 Å². The molecule has 21 heavy (non-hydrogen) atoms. The second-order valence-corrected chi connectivity index (χ2v) is 6.59. The average Bonchev–Trinajstić information content (AvgIpc) is 3.28. The molecule has 2 unspecified atom stereocenters. The molecule has 0 radical (unpaired) electrons. The lowest BCUT2D eigenvalue weighted by Crippen LogP contribution is -2.68. The minimum atomic E-state index is -0.730. The lowest BCUT2D eigenvalue weighted by atomic mass is 9.87. The molecule has 1 saturated heterocycles. The number of carbonyl (C=O) groups excluding carboxylic acids is 2. The van der Waals surface area contributed by atoms with E-state index in [0.717, 1.165) is 18.4 Å². The van der Waals surface area contributed by atoms with E-state index in [9.17, 15) is 9.59 Å². The zero-order valence-electron chi connectivity index (χ0n) is 12.8. The number of hydrogen-bond acceptors (Lipinski definition) is 2. The summed E-state index contributed by atoms with van der Waals surface area (Å²) in [6.45, 7) is 5.82. The van der Waals surface area contributed by atoms with Crippen LogP contribution in [0.4, 0.5) is 0 Å². The van der Waals surface area contributed by atoms with Gasteiger partial charge in [0, 0.05) is 6.04 Å². The first-order valence-electron chi connectivity index (χ1n) is 7.65. The van der Waals surface area contributed by atoms with Gasteiger partial charge in [0.25, 0.3) is 0 Å². The molecule has 1 aliphatic carbocycles. The molecule has 1 N–H and O–H groups in total. The van der Waals surface area contributed by atoms with Crippen LogP contribution in [0.1, 0.15) is 45.2 Å². The van der Waals surface area contributed by atoms with Gasteiger partial charge in [0.2, 0.25) is 11.8 Å². The summed E-state index contributed by atoms with van der Waals surface area (Å²) in [7, 11) is 0. The number of nitrogens with zero attached hydrogens (tertiary/aromatic N) is 1. The van der Waals surface area contributed by atoms with Gasteiger partial charge in [0.1, 0.15) is 11.6 Å². The number of benzene rings is 1. The number of rotatable bonds is 3. The molecule has 1 aromatic carbocycles. The summed E-state index contributed by atoms with van der Waals surface area (Å²) in [6.07, 6.45) is 2.04. The summed E-state index contributed by atoms with van der Waals surface area (Å²) in [5.41, 5.74) is 0.141. The number of amides is 2. The lowest BCUT2D eigenvalue weighted by molar-refractivity contribution is -0.158. The third-order valence-corrected chi connectivity index (χ3v) is 4.65. The van der Waals surface area contributed by atoms with Crippen molar-refractivity contribution in [1.29, 1.82) is 0 Å². The number of hydrogen-bond donors (Lipinski definition) is 1. The van der Waals surface area contributed by atoms with Crippen molar-refractivity contribution in [3.05, 3.63) is 35.9 Å². The monoisotopic (exact) mass is 286 g/mol. The Morgan fingerprint density at radius 3 is 2.33 bits per heavy atom. The number of piperazine rings is 1. The molecule has 112 valence electrons. The minimum absolute atomic E-state index is 0.00756. The Hall–Kier alpha value is -1.84. The van der Waals surface area contributed by atoms with Crippen molar-refractivity contribution >= 4 is 11.8 Å². The second-order valence-electron chi connectivity index (χ2n) is 6.59. The third kappa shape index (κ3) is 2.23. The standard InChI is InChI=1S/C17H22N2O2/c1-11(2)19-14(12-7-5-4-6-8-12)15(20)18-17(3,16(19)21)13-9-10-13/h4-8,11,13-14H,9-10H2,1-3H3,(H,18,20). The van der Waals surface area contributed by atoms with Gasteiger partial charge in [-0.3, -0.25) is 9.59 Å². The fourth-order valence-corrected chi connectivity index (χ4v) is 3.31. The molecule has 2 amide bonds. The van der Waals surface area contributed by atoms with E-state index in [2.05, 4.69) is 5.32 Å². The Morgan fingerprint density at radius 2 is 1.81 bits per heavy atom. The molecule has 1 saturated carbocycles. The van der Waals surface area contributed by atoms with E-state index < -0.39 is 11.6 Å². The van der Waals surface area contributed by atoms with Crippen LogP contribution < -0.4 is 5.32 Å². The van der Waals surface area contributed by atoms with Gasteiger partial charge in [-0.1, -0.05) is 30.3 Å². The van der Waals surface area contributed by atoms with E-state index in [1.165, 1.54) is 0 Å². The van der Waals surface area contributed by atoms with E-state index in [-0.39, 0.29) is 23.8 Å². The zero-order chi connectivity index (χ0) is 15.2. The molecule has 1 aromatic rings. The maximum Gasteiger partial charge on any atom is 0.249 e. The quantitative estimate of drug-likeness (QED) is 0.926. The van der Waals surface area contributed by atoms with Gasteiger partial charge >= 0.3 is 0 Å². The molecule has 0 bridgehead atoms. The highest BCUT2D eigenvalue weighted by atomic mass is 16.2. The molecule has 4 nitrogen and oxygen atoms in total. The highest BCUT2D eigenvalue weighted by molar-refractivity contribution is 6.00. The average molecular weight is 286 g/mol. The molecule has 2 fully saturated rings. The third-order valence-electron chi connectivity index (χ3n) is 4.65. The Morgan fingerprint density at radius 1 is 1.19 bits per heavy atom. The first-order valence-corrected chi connectivity index (χ1v) is 7.65. The molecule has 1 heterocycles. The van der Waals surface area contributed by atoms with Crippen LogP contribution in [0.25, 0.3) is 0 Å². The normalized spacial score (nSPS) is 29.7. The SMILES string of the molecule is CC(C)N1C(=O)C(C)(C2CC2)NC(=O)C1c1ccccc1. The van der Waals surface area contributed by atoms with E-state index >= 15 is 0 Å². The van der Waals surface area contributed by atoms with Crippen molar-refractivity contribution in [3.63, 3.8) is 0 Å². The van der Waals surface area contributed by atoms with Crippen LogP contribution in [-0.2, 0) is 9.59 Å². The molecule has 4 heteroatoms. The summed E-state index contributed by atoms with van der Waals surface area (Å²) in [5, 5.41) is 3.01. The minimum Gasteiger partial charge on any atom is -0.340 e. The van der Waals surface area contributed by atoms with Gasteiger partial charge < -0.3 is 10.2 Å². The van der Waals surface area contributed by atoms with Crippen LogP contribution in [0.15, 0.2) is 30.3 Å². The Kier molecular flexibility index (Phi) is 3.27. The fraction of sp³-hybridized carbons (Fsp3) is 0.529. The van der Waals surface area contributed by atoms with Crippen LogP contribution in [0, 0.1) is 5.92 Å². The van der Waals surface area contributed by atoms with Crippen LogP contribution in [0.5, 0.6) is 0 Å². The molecule has 3 rings (SSSR count). The van der Waals surface area contributed by atoms with Gasteiger partial charge in [-0.05, 0) is 45.1 Å². The van der Waals surface area contributed by atoms with Crippen molar-refractivity contribution in [2.75, 3.05) is 0 Å². The van der Waals surface area contributed by atoms with Crippen molar-refractivity contribution in [2.24, 2.45) is 5.92 Å². The summed E-state index contributed by atoms with van der Waals surface area (Å²) >= 11 is 0. The van der Waals surface area contributed by atoms with Crippen LogP contribution >= 0.6 is 0 Å². The van der Waals surface area contributed by atoms with E-state index in [0.29, 0.717) is 0 Å². The fourth-order valence-electron chi connectivity index (χ4n) is 3.31. The van der Waals surface area contributed by atoms with Gasteiger partial charge in [-0.25, -0.2) is 0 Å². The summed E-state index contributed by atoms with van der Waals surface area (Å²) in [5.74, 6) is 0.268. The van der Waals surface area contributed by atoms with Gasteiger partial charge in [0.05, 0.1) is 0 Å². The van der Waals surface area contributed by atoms with Crippen molar-refractivity contribution < 1.29 is 9.59 Å². The summed E-state index contributed by atoms with van der Waals surface area (Å²) in [4.78, 5) is 27.5. The van der Waals surface area contributed by atoms with Crippen LogP contribution in [0.3, 0.4) is 0 Å². The molecular formula is C17H22N2O2. The second kappa shape index (κ2) is 4.86. The summed E-state index contributed by atoms with van der Waals surface area (Å²) in [6, 6.07) is 9.01. The van der Waals surface area contributed by atoms with E-state index in [1.54, 1.807) is 4.90 Å². The highest BCUT2D eigenvalue weighted by Gasteiger charge is 2.56. The molecular weight excluding hydrogens is 264 g/mol. The molecule has 0 aromatic heterocycles. The van der Waals surface area contributed by atoms with Crippen LogP contribution in [0.2, 0.25) is 0 Å². The molecule has 1 aliphatic heterocycles. The first kappa shape index (κ1) is 14.1. The Balaban J connectivity index is 2.01. The van der Waals surface area contributed by atoms with E-state index in [1.807, 2.05) is 51.1 Å². The number of nitrogens with one attached hydrogen (secondary N) is 1. The lowest BCUT2D eigenvalue weighted by Gasteiger charge is -2.46. The van der Waals surface area contributed by atoms with Gasteiger partial charge in [-0.15, -0.1) is 0 Å². The number of carbonyl (C=O) groups is 2. The molecule has 2 aliphatic rings.